The van der Waals surface area contributed by atoms with Gasteiger partial charge in [0.05, 0.1) is 6.04 Å². The molecule has 1 fully saturated rings. The molecule has 1 aliphatic rings. The monoisotopic (exact) mass is 263 g/mol. The molecule has 1 heterocycles. The van der Waals surface area contributed by atoms with E-state index < -0.39 is 0 Å². The van der Waals surface area contributed by atoms with Gasteiger partial charge in [-0.1, -0.05) is 27.7 Å². The number of nitrogens with one attached hydrogen (secondary N) is 1. The Labute approximate surface area is 117 Å². The number of aryl methyl sites for hydroxylation is 1. The van der Waals surface area contributed by atoms with Crippen LogP contribution in [0.15, 0.2) is 12.4 Å². The Morgan fingerprint density at radius 1 is 1.32 bits per heavy atom. The molecule has 4 atom stereocenters. The van der Waals surface area contributed by atoms with Gasteiger partial charge in [0.25, 0.3) is 0 Å². The molecule has 0 radical (unpaired) electrons. The molecule has 1 N–H and O–H groups in total. The lowest BCUT2D eigenvalue weighted by molar-refractivity contribution is 0.151. The summed E-state index contributed by atoms with van der Waals surface area (Å²) in [6.45, 7) is 10.4. The fourth-order valence-electron chi connectivity index (χ4n) is 3.73. The molecule has 0 amide bonds. The van der Waals surface area contributed by atoms with Gasteiger partial charge in [-0.2, -0.15) is 0 Å². The van der Waals surface area contributed by atoms with Crippen LogP contribution in [0.4, 0.5) is 0 Å². The third-order valence-corrected chi connectivity index (χ3v) is 4.47. The first kappa shape index (κ1) is 14.6. The molecule has 3 heteroatoms. The molecule has 0 bridgehead atoms. The van der Waals surface area contributed by atoms with Gasteiger partial charge in [-0.05, 0) is 37.6 Å². The van der Waals surface area contributed by atoms with Crippen molar-refractivity contribution in [2.24, 2.45) is 11.8 Å². The first-order valence-corrected chi connectivity index (χ1v) is 7.92. The van der Waals surface area contributed by atoms with E-state index in [-0.39, 0.29) is 0 Å². The fourth-order valence-corrected chi connectivity index (χ4v) is 3.73. The SMILES string of the molecule is CCCNC1CC(C)CC(C)C1n1ccnc1CC. The van der Waals surface area contributed by atoms with Crippen LogP contribution in [0.1, 0.15) is 58.8 Å². The van der Waals surface area contributed by atoms with Crippen LogP contribution in [0.3, 0.4) is 0 Å². The van der Waals surface area contributed by atoms with Crippen LogP contribution in [-0.4, -0.2) is 22.1 Å². The minimum atomic E-state index is 0.570. The smallest absolute Gasteiger partial charge is 0.108 e. The second-order valence-electron chi connectivity index (χ2n) is 6.21. The van der Waals surface area contributed by atoms with Crippen LogP contribution in [0, 0.1) is 11.8 Å². The zero-order valence-corrected chi connectivity index (χ0v) is 12.9. The molecule has 0 spiro atoms. The van der Waals surface area contributed by atoms with Gasteiger partial charge in [0.15, 0.2) is 0 Å². The van der Waals surface area contributed by atoms with Gasteiger partial charge in [-0.15, -0.1) is 0 Å². The summed E-state index contributed by atoms with van der Waals surface area (Å²) in [5, 5.41) is 3.77. The lowest BCUT2D eigenvalue weighted by atomic mass is 9.76. The number of aromatic nitrogens is 2. The van der Waals surface area contributed by atoms with Gasteiger partial charge >= 0.3 is 0 Å². The van der Waals surface area contributed by atoms with E-state index in [1.54, 1.807) is 0 Å². The highest BCUT2D eigenvalue weighted by molar-refractivity contribution is 5.01. The number of imidazole rings is 1. The summed E-state index contributed by atoms with van der Waals surface area (Å²) in [4.78, 5) is 4.51. The predicted octanol–water partition coefficient (Wildman–Crippen LogP) is 3.42. The Hall–Kier alpha value is -0.830. The quantitative estimate of drug-likeness (QED) is 0.882. The maximum absolute atomic E-state index is 4.51. The number of hydrogen-bond acceptors (Lipinski definition) is 2. The van der Waals surface area contributed by atoms with Crippen LogP contribution in [0.25, 0.3) is 0 Å². The number of nitrogens with zero attached hydrogens (tertiary/aromatic N) is 2. The van der Waals surface area contributed by atoms with Crippen molar-refractivity contribution in [3.63, 3.8) is 0 Å². The number of hydrogen-bond donors (Lipinski definition) is 1. The van der Waals surface area contributed by atoms with E-state index in [0.717, 1.165) is 24.8 Å². The standard InChI is InChI=1S/C16H29N3/c1-5-7-17-14-11-12(3)10-13(4)16(14)19-9-8-18-15(19)6-2/h8-9,12-14,16-17H,5-7,10-11H2,1-4H3. The van der Waals surface area contributed by atoms with Crippen LogP contribution in [0.2, 0.25) is 0 Å². The van der Waals surface area contributed by atoms with Crippen molar-refractivity contribution in [2.45, 2.75) is 65.5 Å². The molecular weight excluding hydrogens is 234 g/mol. The van der Waals surface area contributed by atoms with Crippen molar-refractivity contribution < 1.29 is 0 Å². The Kier molecular flexibility index (Phi) is 5.03. The minimum absolute atomic E-state index is 0.570. The molecule has 0 saturated heterocycles. The van der Waals surface area contributed by atoms with Crippen molar-refractivity contribution in [1.82, 2.24) is 14.9 Å². The Morgan fingerprint density at radius 2 is 2.11 bits per heavy atom. The largest absolute Gasteiger partial charge is 0.330 e. The van der Waals surface area contributed by atoms with Crippen molar-refractivity contribution in [1.29, 1.82) is 0 Å². The molecule has 108 valence electrons. The second kappa shape index (κ2) is 6.56. The third kappa shape index (κ3) is 3.19. The minimum Gasteiger partial charge on any atom is -0.330 e. The van der Waals surface area contributed by atoms with Crippen molar-refractivity contribution in [3.05, 3.63) is 18.2 Å². The molecule has 19 heavy (non-hydrogen) atoms. The first-order chi connectivity index (χ1) is 9.17. The maximum Gasteiger partial charge on any atom is 0.108 e. The Balaban J connectivity index is 2.22. The van der Waals surface area contributed by atoms with E-state index in [1.807, 2.05) is 6.20 Å². The third-order valence-electron chi connectivity index (χ3n) is 4.47. The summed E-state index contributed by atoms with van der Waals surface area (Å²) in [6.07, 6.45) is 8.98. The Bertz CT molecular complexity index is 385. The molecular formula is C16H29N3. The van der Waals surface area contributed by atoms with E-state index in [0.29, 0.717) is 12.1 Å². The van der Waals surface area contributed by atoms with Crippen LogP contribution in [-0.2, 0) is 6.42 Å². The van der Waals surface area contributed by atoms with Crippen molar-refractivity contribution in [2.75, 3.05) is 6.54 Å². The highest BCUT2D eigenvalue weighted by Crippen LogP contribution is 2.37. The zero-order chi connectivity index (χ0) is 13.8. The van der Waals surface area contributed by atoms with Gasteiger partial charge in [0.2, 0.25) is 0 Å². The van der Waals surface area contributed by atoms with E-state index in [2.05, 4.69) is 48.8 Å². The fraction of sp³-hybridized carbons (Fsp3) is 0.812. The van der Waals surface area contributed by atoms with E-state index in [4.69, 9.17) is 0 Å². The predicted molar refractivity (Wildman–Crippen MR) is 80.3 cm³/mol. The average Bonchev–Trinajstić information content (AvgIpc) is 2.83. The molecule has 0 aromatic carbocycles. The lowest BCUT2D eigenvalue weighted by Gasteiger charge is -2.41. The number of rotatable bonds is 5. The zero-order valence-electron chi connectivity index (χ0n) is 12.9. The summed E-state index contributed by atoms with van der Waals surface area (Å²) in [7, 11) is 0. The summed E-state index contributed by atoms with van der Waals surface area (Å²) in [6, 6.07) is 1.17. The molecule has 1 aromatic rings. The summed E-state index contributed by atoms with van der Waals surface area (Å²) < 4.78 is 2.43. The molecule has 1 aromatic heterocycles. The van der Waals surface area contributed by atoms with E-state index >= 15 is 0 Å². The van der Waals surface area contributed by atoms with Crippen LogP contribution in [0.5, 0.6) is 0 Å². The Morgan fingerprint density at radius 3 is 2.79 bits per heavy atom. The summed E-state index contributed by atoms with van der Waals surface area (Å²) >= 11 is 0. The van der Waals surface area contributed by atoms with Gasteiger partial charge in [0.1, 0.15) is 5.82 Å². The molecule has 3 nitrogen and oxygen atoms in total. The van der Waals surface area contributed by atoms with Crippen LogP contribution >= 0.6 is 0 Å². The average molecular weight is 263 g/mol. The highest BCUT2D eigenvalue weighted by atomic mass is 15.1. The van der Waals surface area contributed by atoms with E-state index in [1.165, 1.54) is 25.1 Å². The molecule has 1 saturated carbocycles. The highest BCUT2D eigenvalue weighted by Gasteiger charge is 2.35. The van der Waals surface area contributed by atoms with Crippen molar-refractivity contribution >= 4 is 0 Å². The first-order valence-electron chi connectivity index (χ1n) is 7.92. The molecule has 4 unspecified atom stereocenters. The summed E-state index contributed by atoms with van der Waals surface area (Å²) in [5.74, 6) is 2.78. The molecule has 2 rings (SSSR count). The molecule has 0 aliphatic heterocycles. The maximum atomic E-state index is 4.51. The normalized spacial score (nSPS) is 31.6. The van der Waals surface area contributed by atoms with Gasteiger partial charge < -0.3 is 9.88 Å². The van der Waals surface area contributed by atoms with Crippen molar-refractivity contribution in [3.8, 4) is 0 Å². The molecule has 1 aliphatic carbocycles. The van der Waals surface area contributed by atoms with Gasteiger partial charge in [-0.25, -0.2) is 4.98 Å². The van der Waals surface area contributed by atoms with Crippen LogP contribution < -0.4 is 5.32 Å². The van der Waals surface area contributed by atoms with E-state index in [9.17, 15) is 0 Å². The topological polar surface area (TPSA) is 29.9 Å². The van der Waals surface area contributed by atoms with Gasteiger partial charge in [-0.3, -0.25) is 0 Å². The second-order valence-corrected chi connectivity index (χ2v) is 6.21. The summed E-state index contributed by atoms with van der Waals surface area (Å²) in [5.41, 5.74) is 0. The van der Waals surface area contributed by atoms with Gasteiger partial charge in [0, 0.05) is 24.9 Å². The lowest BCUT2D eigenvalue weighted by Crippen LogP contribution is -2.45.